The molecule has 2 aromatic heterocycles. The highest BCUT2D eigenvalue weighted by Gasteiger charge is 2.23. The monoisotopic (exact) mass is 556 g/mol. The van der Waals surface area contributed by atoms with E-state index in [9.17, 15) is 22.8 Å². The Morgan fingerprint density at radius 2 is 1.73 bits per heavy atom. The van der Waals surface area contributed by atoms with Crippen LogP contribution in [0, 0.1) is 24.4 Å². The summed E-state index contributed by atoms with van der Waals surface area (Å²) in [4.78, 5) is 30.2. The van der Waals surface area contributed by atoms with E-state index in [0.29, 0.717) is 22.4 Å². The highest BCUT2D eigenvalue weighted by molar-refractivity contribution is 5.95. The van der Waals surface area contributed by atoms with E-state index in [1.807, 2.05) is 42.0 Å². The number of nitrogens with zero attached hydrogens (tertiary/aromatic N) is 2. The van der Waals surface area contributed by atoms with Gasteiger partial charge in [0.25, 0.3) is 5.91 Å². The number of fused-ring (bicyclic) bond motifs is 1. The Morgan fingerprint density at radius 1 is 0.951 bits per heavy atom. The first-order valence-electron chi connectivity index (χ1n) is 13.0. The van der Waals surface area contributed by atoms with Crippen LogP contribution in [0.1, 0.15) is 33.2 Å². The van der Waals surface area contributed by atoms with E-state index in [-0.39, 0.29) is 24.4 Å². The molecule has 1 atom stereocenters. The van der Waals surface area contributed by atoms with Gasteiger partial charge < -0.3 is 15.2 Å². The number of rotatable bonds is 8. The number of pyridine rings is 1. The van der Waals surface area contributed by atoms with E-state index in [0.717, 1.165) is 22.5 Å². The third-order valence-electron chi connectivity index (χ3n) is 6.86. The summed E-state index contributed by atoms with van der Waals surface area (Å²) >= 11 is 0. The predicted molar refractivity (Wildman–Crippen MR) is 151 cm³/mol. The smallest absolute Gasteiger partial charge is 0.254 e. The summed E-state index contributed by atoms with van der Waals surface area (Å²) in [6.45, 7) is 1.99. The van der Waals surface area contributed by atoms with Crippen molar-refractivity contribution in [3.05, 3.63) is 125 Å². The van der Waals surface area contributed by atoms with Gasteiger partial charge in [0.1, 0.15) is 24.0 Å². The fourth-order valence-corrected chi connectivity index (χ4v) is 4.97. The largest absolute Gasteiger partial charge is 0.355 e. The van der Waals surface area contributed by atoms with Crippen molar-refractivity contribution >= 4 is 22.7 Å². The van der Waals surface area contributed by atoms with Gasteiger partial charge in [-0.2, -0.15) is 0 Å². The van der Waals surface area contributed by atoms with E-state index in [2.05, 4.69) is 15.6 Å². The number of hydrogen-bond acceptors (Lipinski definition) is 3. The molecule has 41 heavy (non-hydrogen) atoms. The summed E-state index contributed by atoms with van der Waals surface area (Å²) in [5.74, 6) is -3.10. The van der Waals surface area contributed by atoms with Crippen molar-refractivity contribution in [1.82, 2.24) is 20.2 Å². The van der Waals surface area contributed by atoms with Crippen LogP contribution in [0.2, 0.25) is 0 Å². The van der Waals surface area contributed by atoms with E-state index in [4.69, 9.17) is 0 Å². The van der Waals surface area contributed by atoms with E-state index >= 15 is 0 Å². The molecule has 2 N–H and O–H groups in total. The van der Waals surface area contributed by atoms with Crippen LogP contribution in [-0.2, 0) is 17.8 Å². The maximum atomic E-state index is 14.4. The van der Waals surface area contributed by atoms with Gasteiger partial charge >= 0.3 is 0 Å². The summed E-state index contributed by atoms with van der Waals surface area (Å²) in [5, 5.41) is 6.40. The second-order valence-electron chi connectivity index (χ2n) is 9.82. The highest BCUT2D eigenvalue weighted by atomic mass is 19.1. The molecule has 2 amide bonds. The molecule has 0 spiro atoms. The molecule has 0 aliphatic rings. The Morgan fingerprint density at radius 3 is 2.49 bits per heavy atom. The van der Waals surface area contributed by atoms with Crippen molar-refractivity contribution in [1.29, 1.82) is 0 Å². The van der Waals surface area contributed by atoms with Gasteiger partial charge in [0, 0.05) is 36.6 Å². The molecule has 0 unspecified atom stereocenters. The van der Waals surface area contributed by atoms with E-state index in [1.54, 1.807) is 12.1 Å². The molecule has 9 heteroatoms. The molecule has 0 aliphatic carbocycles. The second kappa shape index (κ2) is 11.7. The molecular formula is C32H27F3N4O2. The van der Waals surface area contributed by atoms with Crippen molar-refractivity contribution in [2.75, 3.05) is 7.05 Å². The van der Waals surface area contributed by atoms with Crippen LogP contribution in [0.4, 0.5) is 13.2 Å². The van der Waals surface area contributed by atoms with Crippen LogP contribution < -0.4 is 10.6 Å². The molecule has 0 radical (unpaired) electrons. The first kappa shape index (κ1) is 27.6. The zero-order valence-corrected chi connectivity index (χ0v) is 22.4. The van der Waals surface area contributed by atoms with Gasteiger partial charge in [0.15, 0.2) is 0 Å². The van der Waals surface area contributed by atoms with Gasteiger partial charge in [-0.15, -0.1) is 0 Å². The lowest BCUT2D eigenvalue weighted by molar-refractivity contribution is -0.122. The van der Waals surface area contributed by atoms with Crippen molar-refractivity contribution in [3.8, 4) is 11.1 Å². The van der Waals surface area contributed by atoms with Gasteiger partial charge in [-0.25, -0.2) is 13.2 Å². The van der Waals surface area contributed by atoms with Crippen LogP contribution in [-0.4, -0.2) is 28.4 Å². The van der Waals surface area contributed by atoms with Crippen LogP contribution in [0.25, 0.3) is 22.0 Å². The Balaban J connectivity index is 1.52. The number of carbonyl (C=O) groups is 2. The van der Waals surface area contributed by atoms with Crippen molar-refractivity contribution < 1.29 is 22.8 Å². The number of benzene rings is 3. The fourth-order valence-electron chi connectivity index (χ4n) is 4.97. The maximum Gasteiger partial charge on any atom is 0.254 e. The SMILES string of the molecule is CNC(=O)c1cc(-c2cccnc2[C@H](Cc2cc(F)cc(F)c2)NC(=O)Cn2ccc3cc(C)ccc32)ccc1F. The summed E-state index contributed by atoms with van der Waals surface area (Å²) in [5.41, 5.74) is 3.57. The summed E-state index contributed by atoms with van der Waals surface area (Å²) in [6, 6.07) is 17.8. The number of amides is 2. The molecule has 2 heterocycles. The molecule has 3 aromatic carbocycles. The summed E-state index contributed by atoms with van der Waals surface area (Å²) < 4.78 is 44.4. The standard InChI is InChI=1S/C32H27F3N4O2/c1-19-5-8-29-22(12-19)9-11-39(29)18-30(40)38-28(15-20-13-23(33)17-24(34)14-20)31-25(4-3-10-37-31)21-6-7-27(35)26(16-21)32(41)36-2/h3-14,16-17,28H,15,18H2,1-2H3,(H,36,41)(H,38,40)/t28-/m0/s1. The topological polar surface area (TPSA) is 76.0 Å². The lowest BCUT2D eigenvalue weighted by Crippen LogP contribution is -2.33. The average molecular weight is 557 g/mol. The zero-order chi connectivity index (χ0) is 29.1. The molecule has 0 aliphatic heterocycles. The minimum Gasteiger partial charge on any atom is -0.355 e. The van der Waals surface area contributed by atoms with Crippen LogP contribution in [0.15, 0.2) is 85.2 Å². The van der Waals surface area contributed by atoms with Crippen LogP contribution in [0.3, 0.4) is 0 Å². The van der Waals surface area contributed by atoms with Gasteiger partial charge in [-0.05, 0) is 78.4 Å². The van der Waals surface area contributed by atoms with E-state index in [1.165, 1.54) is 43.6 Å². The van der Waals surface area contributed by atoms with E-state index < -0.39 is 29.4 Å². The lowest BCUT2D eigenvalue weighted by Gasteiger charge is -2.22. The molecule has 0 saturated carbocycles. The molecule has 5 rings (SSSR count). The Hall–Kier alpha value is -4.92. The number of nitrogens with one attached hydrogen (secondary N) is 2. The van der Waals surface area contributed by atoms with Gasteiger partial charge in [0.2, 0.25) is 5.91 Å². The minimum absolute atomic E-state index is 0.000107. The zero-order valence-electron chi connectivity index (χ0n) is 22.4. The molecule has 208 valence electrons. The first-order valence-corrected chi connectivity index (χ1v) is 13.0. The maximum absolute atomic E-state index is 14.4. The molecule has 0 saturated heterocycles. The molecule has 6 nitrogen and oxygen atoms in total. The Bertz CT molecular complexity index is 1750. The normalized spacial score (nSPS) is 11.8. The first-order chi connectivity index (χ1) is 19.7. The van der Waals surface area contributed by atoms with Crippen LogP contribution >= 0.6 is 0 Å². The Labute approximate surface area is 234 Å². The number of hydrogen-bond donors (Lipinski definition) is 2. The molecule has 0 fully saturated rings. The van der Waals surface area contributed by atoms with Gasteiger partial charge in [0.05, 0.1) is 17.3 Å². The minimum atomic E-state index is -0.808. The van der Waals surface area contributed by atoms with Crippen molar-refractivity contribution in [2.24, 2.45) is 0 Å². The molecule has 5 aromatic rings. The predicted octanol–water partition coefficient (Wildman–Crippen LogP) is 5.89. The van der Waals surface area contributed by atoms with Crippen molar-refractivity contribution in [3.63, 3.8) is 0 Å². The lowest BCUT2D eigenvalue weighted by atomic mass is 9.94. The third-order valence-corrected chi connectivity index (χ3v) is 6.86. The second-order valence-corrected chi connectivity index (χ2v) is 9.82. The molecule has 0 bridgehead atoms. The molecular weight excluding hydrogens is 529 g/mol. The van der Waals surface area contributed by atoms with Crippen molar-refractivity contribution in [2.45, 2.75) is 25.9 Å². The number of aromatic nitrogens is 2. The number of carbonyl (C=O) groups excluding carboxylic acids is 2. The van der Waals surface area contributed by atoms with Gasteiger partial charge in [-0.1, -0.05) is 23.8 Å². The Kier molecular flexibility index (Phi) is 7.87. The number of aryl methyl sites for hydroxylation is 1. The van der Waals surface area contributed by atoms with Crippen LogP contribution in [0.5, 0.6) is 0 Å². The third kappa shape index (κ3) is 6.14. The average Bonchev–Trinajstić information content (AvgIpc) is 3.33. The fraction of sp³-hybridized carbons (Fsp3) is 0.156. The summed E-state index contributed by atoms with van der Waals surface area (Å²) in [6.07, 6.45) is 3.39. The quantitative estimate of drug-likeness (QED) is 0.250. The summed E-state index contributed by atoms with van der Waals surface area (Å²) in [7, 11) is 1.41. The highest BCUT2D eigenvalue weighted by Crippen LogP contribution is 2.30. The van der Waals surface area contributed by atoms with Gasteiger partial charge in [-0.3, -0.25) is 14.6 Å². The number of halogens is 3.